The Morgan fingerprint density at radius 2 is 1.56 bits per heavy atom. The van der Waals surface area contributed by atoms with Gasteiger partial charge in [-0.15, -0.1) is 0 Å². The molecule has 0 spiro atoms. The number of nitrogens with one attached hydrogen (secondary N) is 1. The number of nitrogens with zero attached hydrogens (tertiary/aromatic N) is 1. The van der Waals surface area contributed by atoms with Crippen LogP contribution in [0.5, 0.6) is 0 Å². The van der Waals surface area contributed by atoms with Crippen LogP contribution in [0.4, 0.5) is 0 Å². The predicted octanol–water partition coefficient (Wildman–Crippen LogP) is 2.79. The van der Waals surface area contributed by atoms with E-state index in [4.69, 9.17) is 0 Å². The Bertz CT molecular complexity index is 864. The van der Waals surface area contributed by atoms with E-state index in [1.165, 1.54) is 4.31 Å². The molecule has 2 aromatic carbocycles. The first-order chi connectivity index (χ1) is 11.7. The number of rotatable bonds is 5. The Morgan fingerprint density at radius 1 is 1.04 bits per heavy atom. The Kier molecular flexibility index (Phi) is 5.65. The summed E-state index contributed by atoms with van der Waals surface area (Å²) < 4.78 is 27.3. The van der Waals surface area contributed by atoms with Gasteiger partial charge in [-0.3, -0.25) is 4.79 Å². The van der Waals surface area contributed by atoms with Crippen LogP contribution in [0, 0.1) is 20.8 Å². The largest absolute Gasteiger partial charge is 0.355 e. The van der Waals surface area contributed by atoms with Crippen molar-refractivity contribution < 1.29 is 13.2 Å². The Morgan fingerprint density at radius 3 is 2.04 bits per heavy atom. The summed E-state index contributed by atoms with van der Waals surface area (Å²) in [6.07, 6.45) is 0. The van der Waals surface area contributed by atoms with Crippen LogP contribution in [-0.2, 0) is 16.6 Å². The number of benzene rings is 2. The van der Waals surface area contributed by atoms with Crippen molar-refractivity contribution >= 4 is 15.9 Å². The zero-order chi connectivity index (χ0) is 18.8. The maximum atomic E-state index is 13.0. The lowest BCUT2D eigenvalue weighted by Gasteiger charge is -2.20. The van der Waals surface area contributed by atoms with Gasteiger partial charge in [0.05, 0.1) is 4.90 Å². The van der Waals surface area contributed by atoms with Crippen LogP contribution in [0.2, 0.25) is 0 Å². The molecule has 1 amide bonds. The second-order valence-electron chi connectivity index (χ2n) is 6.26. The van der Waals surface area contributed by atoms with Crippen molar-refractivity contribution in [3.8, 4) is 0 Å². The van der Waals surface area contributed by atoms with Crippen LogP contribution < -0.4 is 5.32 Å². The van der Waals surface area contributed by atoms with Crippen molar-refractivity contribution in [3.63, 3.8) is 0 Å². The third-order valence-electron chi connectivity index (χ3n) is 4.12. The minimum Gasteiger partial charge on any atom is -0.355 e. The zero-order valence-corrected chi connectivity index (χ0v) is 16.1. The molecule has 25 heavy (non-hydrogen) atoms. The van der Waals surface area contributed by atoms with Gasteiger partial charge in [0.25, 0.3) is 5.91 Å². The van der Waals surface area contributed by atoms with Crippen LogP contribution in [0.25, 0.3) is 0 Å². The summed E-state index contributed by atoms with van der Waals surface area (Å²) in [5, 5.41) is 2.56. The van der Waals surface area contributed by atoms with Crippen molar-refractivity contribution in [1.29, 1.82) is 0 Å². The summed E-state index contributed by atoms with van der Waals surface area (Å²) in [4.78, 5) is 11.9. The SMILES string of the molecule is CNC(=O)c1ccc(CN(C)S(=O)(=O)c2c(C)cc(C)cc2C)cc1. The van der Waals surface area contributed by atoms with Crippen LogP contribution in [0.1, 0.15) is 32.6 Å². The number of hydrogen-bond acceptors (Lipinski definition) is 3. The molecule has 0 atom stereocenters. The van der Waals surface area contributed by atoms with Crippen LogP contribution >= 0.6 is 0 Å². The van der Waals surface area contributed by atoms with Gasteiger partial charge in [-0.2, -0.15) is 4.31 Å². The van der Waals surface area contributed by atoms with Gasteiger partial charge in [-0.25, -0.2) is 8.42 Å². The Hall–Kier alpha value is -2.18. The third kappa shape index (κ3) is 4.08. The highest BCUT2D eigenvalue weighted by molar-refractivity contribution is 7.89. The van der Waals surface area contributed by atoms with Crippen molar-refractivity contribution in [1.82, 2.24) is 9.62 Å². The lowest BCUT2D eigenvalue weighted by atomic mass is 10.1. The number of aryl methyl sites for hydroxylation is 3. The first-order valence-electron chi connectivity index (χ1n) is 8.02. The molecule has 0 unspecified atom stereocenters. The van der Waals surface area contributed by atoms with Gasteiger partial charge in [-0.05, 0) is 49.6 Å². The monoisotopic (exact) mass is 360 g/mol. The van der Waals surface area contributed by atoms with Crippen molar-refractivity contribution in [2.45, 2.75) is 32.2 Å². The molecule has 0 saturated heterocycles. The molecule has 134 valence electrons. The van der Waals surface area contributed by atoms with Gasteiger partial charge in [0.15, 0.2) is 0 Å². The quantitative estimate of drug-likeness (QED) is 0.892. The Labute approximate surface area is 149 Å². The van der Waals surface area contributed by atoms with Gasteiger partial charge in [0, 0.05) is 26.2 Å². The number of hydrogen-bond donors (Lipinski definition) is 1. The van der Waals surface area contributed by atoms with E-state index in [1.807, 2.05) is 32.9 Å². The van der Waals surface area contributed by atoms with E-state index in [1.54, 1.807) is 38.4 Å². The number of amides is 1. The minimum absolute atomic E-state index is 0.168. The van der Waals surface area contributed by atoms with E-state index in [9.17, 15) is 13.2 Å². The van der Waals surface area contributed by atoms with E-state index in [0.29, 0.717) is 10.5 Å². The molecule has 0 aliphatic rings. The zero-order valence-electron chi connectivity index (χ0n) is 15.3. The normalized spacial score (nSPS) is 11.6. The lowest BCUT2D eigenvalue weighted by Crippen LogP contribution is -2.28. The summed E-state index contributed by atoms with van der Waals surface area (Å²) in [5.41, 5.74) is 3.91. The molecule has 0 bridgehead atoms. The molecule has 0 heterocycles. The minimum atomic E-state index is -3.59. The predicted molar refractivity (Wildman–Crippen MR) is 99.1 cm³/mol. The molecule has 5 nitrogen and oxygen atoms in total. The standard InChI is InChI=1S/C19H24N2O3S/c1-13-10-14(2)18(15(3)11-13)25(23,24)21(5)12-16-6-8-17(9-7-16)19(22)20-4/h6-11H,12H2,1-5H3,(H,20,22). The maximum Gasteiger partial charge on any atom is 0.251 e. The van der Waals surface area contributed by atoms with Crippen molar-refractivity contribution in [3.05, 3.63) is 64.2 Å². The highest BCUT2D eigenvalue weighted by atomic mass is 32.2. The molecule has 0 aromatic heterocycles. The van der Waals surface area contributed by atoms with Crippen LogP contribution in [0.15, 0.2) is 41.3 Å². The smallest absolute Gasteiger partial charge is 0.251 e. The van der Waals surface area contributed by atoms with E-state index in [-0.39, 0.29) is 12.5 Å². The third-order valence-corrected chi connectivity index (χ3v) is 6.23. The van der Waals surface area contributed by atoms with E-state index < -0.39 is 10.0 Å². The summed E-state index contributed by atoms with van der Waals surface area (Å²) in [6.45, 7) is 5.83. The van der Waals surface area contributed by atoms with E-state index >= 15 is 0 Å². The first kappa shape index (κ1) is 19.1. The highest BCUT2D eigenvalue weighted by Crippen LogP contribution is 2.25. The van der Waals surface area contributed by atoms with E-state index in [2.05, 4.69) is 5.32 Å². The topological polar surface area (TPSA) is 66.5 Å². The van der Waals surface area contributed by atoms with Crippen molar-refractivity contribution in [2.75, 3.05) is 14.1 Å². The lowest BCUT2D eigenvalue weighted by molar-refractivity contribution is 0.0963. The van der Waals surface area contributed by atoms with Crippen LogP contribution in [0.3, 0.4) is 0 Å². The van der Waals surface area contributed by atoms with Gasteiger partial charge < -0.3 is 5.32 Å². The molecule has 0 aliphatic heterocycles. The summed E-state index contributed by atoms with van der Waals surface area (Å²) >= 11 is 0. The van der Waals surface area contributed by atoms with Gasteiger partial charge in [0.2, 0.25) is 10.0 Å². The van der Waals surface area contributed by atoms with E-state index in [0.717, 1.165) is 22.3 Å². The molecule has 1 N–H and O–H groups in total. The van der Waals surface area contributed by atoms with Gasteiger partial charge in [-0.1, -0.05) is 29.8 Å². The fraction of sp³-hybridized carbons (Fsp3) is 0.316. The second-order valence-corrected chi connectivity index (χ2v) is 8.25. The second kappa shape index (κ2) is 7.37. The first-order valence-corrected chi connectivity index (χ1v) is 9.46. The Balaban J connectivity index is 2.28. The molecule has 0 aliphatic carbocycles. The molecule has 2 aromatic rings. The summed E-state index contributed by atoms with van der Waals surface area (Å²) in [6, 6.07) is 10.7. The number of carbonyl (C=O) groups excluding carboxylic acids is 1. The van der Waals surface area contributed by atoms with Crippen molar-refractivity contribution in [2.24, 2.45) is 0 Å². The fourth-order valence-electron chi connectivity index (χ4n) is 2.98. The maximum absolute atomic E-state index is 13.0. The average Bonchev–Trinajstić information content (AvgIpc) is 2.53. The molecular formula is C19H24N2O3S. The summed E-state index contributed by atoms with van der Waals surface area (Å²) in [7, 11) is -0.450. The fourth-order valence-corrected chi connectivity index (χ4v) is 4.54. The highest BCUT2D eigenvalue weighted by Gasteiger charge is 2.25. The van der Waals surface area contributed by atoms with Gasteiger partial charge in [0.1, 0.15) is 0 Å². The molecule has 0 saturated carbocycles. The average molecular weight is 360 g/mol. The van der Waals surface area contributed by atoms with Crippen LogP contribution in [-0.4, -0.2) is 32.7 Å². The summed E-state index contributed by atoms with van der Waals surface area (Å²) in [5.74, 6) is -0.168. The molecular weight excluding hydrogens is 336 g/mol. The molecule has 0 radical (unpaired) electrons. The molecule has 2 rings (SSSR count). The van der Waals surface area contributed by atoms with Gasteiger partial charge >= 0.3 is 0 Å². The number of carbonyl (C=O) groups is 1. The molecule has 6 heteroatoms. The number of sulfonamides is 1. The molecule has 0 fully saturated rings.